The number of carbonyl (C=O) groups excluding carboxylic acids is 1. The molecule has 9 nitrogen and oxygen atoms in total. The van der Waals surface area contributed by atoms with Crippen LogP contribution < -0.4 is 4.90 Å². The first-order valence-electron chi connectivity index (χ1n) is 14.9. The number of aryl methyl sites for hydroxylation is 1. The standard InChI is InChI=1S/C30H37N7O2S.C2H6/c1-6-36(14-20(3)4)15-21-8-22(13-31)25-16-37(29(38)24(25)9-21)26-10-23(11-28(33-26)40-7-2)30(17-39-18-30)12-27-34-32-19-35(27)5;1-2/h8-11,19-20H,6-7,12,14-18H2,1-5H3;1-2H3. The first-order chi connectivity index (χ1) is 20.3. The fourth-order valence-electron chi connectivity index (χ4n) is 5.57. The van der Waals surface area contributed by atoms with Gasteiger partial charge in [-0.25, -0.2) is 4.98 Å². The van der Waals surface area contributed by atoms with Crippen molar-refractivity contribution in [3.05, 3.63) is 64.2 Å². The maximum absolute atomic E-state index is 13.9. The Hall–Kier alpha value is -3.26. The molecule has 42 heavy (non-hydrogen) atoms. The lowest BCUT2D eigenvalue weighted by atomic mass is 9.76. The number of amides is 1. The fourth-order valence-corrected chi connectivity index (χ4v) is 6.24. The van der Waals surface area contributed by atoms with Crippen molar-refractivity contribution in [2.45, 2.75) is 71.5 Å². The third kappa shape index (κ3) is 6.54. The molecule has 0 spiro atoms. The summed E-state index contributed by atoms with van der Waals surface area (Å²) in [6, 6.07) is 10.4. The van der Waals surface area contributed by atoms with Crippen LogP contribution in [0.25, 0.3) is 0 Å². The van der Waals surface area contributed by atoms with Crippen molar-refractivity contribution in [2.75, 3.05) is 37.0 Å². The van der Waals surface area contributed by atoms with Crippen LogP contribution in [0.2, 0.25) is 0 Å². The van der Waals surface area contributed by atoms with Crippen LogP contribution in [-0.4, -0.2) is 62.6 Å². The summed E-state index contributed by atoms with van der Waals surface area (Å²) in [5.41, 5.74) is 3.76. The molecule has 10 heteroatoms. The first-order valence-corrected chi connectivity index (χ1v) is 15.9. The first kappa shape index (κ1) is 31.7. The van der Waals surface area contributed by atoms with Crippen molar-refractivity contribution < 1.29 is 9.53 Å². The largest absolute Gasteiger partial charge is 0.379 e. The maximum atomic E-state index is 13.9. The number of thioether (sulfide) groups is 1. The van der Waals surface area contributed by atoms with Crippen LogP contribution in [0.3, 0.4) is 0 Å². The Balaban J connectivity index is 0.00000198. The van der Waals surface area contributed by atoms with Gasteiger partial charge in [0.05, 0.1) is 36.4 Å². The Kier molecular flexibility index (Phi) is 10.4. The molecular formula is C32H43N7O2S. The quantitative estimate of drug-likeness (QED) is 0.275. The van der Waals surface area contributed by atoms with Crippen molar-refractivity contribution in [3.8, 4) is 6.07 Å². The van der Waals surface area contributed by atoms with Gasteiger partial charge in [-0.1, -0.05) is 41.5 Å². The second-order valence-electron chi connectivity index (χ2n) is 11.2. The molecule has 1 amide bonds. The molecule has 0 atom stereocenters. The van der Waals surface area contributed by atoms with Crippen LogP contribution in [0.4, 0.5) is 5.82 Å². The number of nitriles is 1. The molecule has 2 aliphatic rings. The molecule has 5 rings (SSSR count). The lowest BCUT2D eigenvalue weighted by molar-refractivity contribution is -0.0612. The number of aromatic nitrogens is 4. The third-order valence-electron chi connectivity index (χ3n) is 7.73. The number of ether oxygens (including phenoxy) is 1. The molecule has 1 saturated heterocycles. The molecule has 0 saturated carbocycles. The summed E-state index contributed by atoms with van der Waals surface area (Å²) >= 11 is 1.65. The number of fused-ring (bicyclic) bond motifs is 1. The molecular weight excluding hydrogens is 546 g/mol. The van der Waals surface area contributed by atoms with Crippen LogP contribution >= 0.6 is 11.8 Å². The second-order valence-corrected chi connectivity index (χ2v) is 12.5. The van der Waals surface area contributed by atoms with Crippen molar-refractivity contribution in [2.24, 2.45) is 13.0 Å². The molecule has 0 N–H and O–H groups in total. The van der Waals surface area contributed by atoms with Crippen molar-refractivity contribution >= 4 is 23.5 Å². The summed E-state index contributed by atoms with van der Waals surface area (Å²) < 4.78 is 7.66. The number of hydrogen-bond acceptors (Lipinski definition) is 8. The Bertz CT molecular complexity index is 1440. The van der Waals surface area contributed by atoms with E-state index in [4.69, 9.17) is 9.72 Å². The highest BCUT2D eigenvalue weighted by Crippen LogP contribution is 2.40. The number of benzene rings is 1. The van der Waals surface area contributed by atoms with Crippen LogP contribution in [-0.2, 0) is 36.7 Å². The summed E-state index contributed by atoms with van der Waals surface area (Å²) in [5, 5.41) is 19.3. The number of pyridine rings is 1. The smallest absolute Gasteiger partial charge is 0.260 e. The second kappa shape index (κ2) is 13.8. The van der Waals surface area contributed by atoms with E-state index in [1.54, 1.807) is 23.0 Å². The lowest BCUT2D eigenvalue weighted by Crippen LogP contribution is -2.49. The van der Waals surface area contributed by atoms with Gasteiger partial charge in [0.2, 0.25) is 0 Å². The molecule has 0 bridgehead atoms. The van der Waals surface area contributed by atoms with Gasteiger partial charge < -0.3 is 9.30 Å². The summed E-state index contributed by atoms with van der Waals surface area (Å²) in [4.78, 5) is 22.8. The fraction of sp³-hybridized carbons (Fsp3) is 0.531. The minimum absolute atomic E-state index is 0.107. The number of nitrogens with zero attached hydrogens (tertiary/aromatic N) is 7. The van der Waals surface area contributed by atoms with E-state index in [1.165, 1.54) is 0 Å². The monoisotopic (exact) mass is 589 g/mol. The van der Waals surface area contributed by atoms with Gasteiger partial charge in [-0.2, -0.15) is 5.26 Å². The van der Waals surface area contributed by atoms with E-state index >= 15 is 0 Å². The van der Waals surface area contributed by atoms with E-state index < -0.39 is 0 Å². The average molecular weight is 590 g/mol. The van der Waals surface area contributed by atoms with E-state index in [-0.39, 0.29) is 11.3 Å². The number of hydrogen-bond donors (Lipinski definition) is 0. The molecule has 1 fully saturated rings. The Labute approximate surface area is 254 Å². The summed E-state index contributed by atoms with van der Waals surface area (Å²) in [5.74, 6) is 2.79. The molecule has 0 unspecified atom stereocenters. The molecule has 2 aliphatic heterocycles. The summed E-state index contributed by atoms with van der Waals surface area (Å²) in [6.45, 7) is 16.7. The normalized spacial score (nSPS) is 15.3. The van der Waals surface area contributed by atoms with Gasteiger partial charge in [0.15, 0.2) is 0 Å². The minimum Gasteiger partial charge on any atom is -0.379 e. The Morgan fingerprint density at radius 2 is 1.95 bits per heavy atom. The molecule has 0 aliphatic carbocycles. The average Bonchev–Trinajstić information content (AvgIpc) is 3.52. The predicted octanol–water partition coefficient (Wildman–Crippen LogP) is 5.37. The highest BCUT2D eigenvalue weighted by molar-refractivity contribution is 7.99. The highest BCUT2D eigenvalue weighted by atomic mass is 32.2. The van der Waals surface area contributed by atoms with Gasteiger partial charge >= 0.3 is 0 Å². The van der Waals surface area contributed by atoms with Crippen molar-refractivity contribution in [1.82, 2.24) is 24.6 Å². The van der Waals surface area contributed by atoms with Crippen LogP contribution in [0.5, 0.6) is 0 Å². The Morgan fingerprint density at radius 3 is 2.52 bits per heavy atom. The summed E-state index contributed by atoms with van der Waals surface area (Å²) in [6.07, 6.45) is 2.40. The Morgan fingerprint density at radius 1 is 1.19 bits per heavy atom. The van der Waals surface area contributed by atoms with Crippen molar-refractivity contribution in [3.63, 3.8) is 0 Å². The molecule has 2 aromatic heterocycles. The summed E-state index contributed by atoms with van der Waals surface area (Å²) in [7, 11) is 1.95. The van der Waals surface area contributed by atoms with E-state index in [9.17, 15) is 10.1 Å². The van der Waals surface area contributed by atoms with Gasteiger partial charge in [-0.05, 0) is 53.6 Å². The molecule has 4 heterocycles. The molecule has 3 aromatic rings. The van der Waals surface area contributed by atoms with Crippen LogP contribution in [0.15, 0.2) is 35.6 Å². The van der Waals surface area contributed by atoms with Gasteiger partial charge in [0, 0.05) is 43.1 Å². The molecule has 1 aromatic carbocycles. The van der Waals surface area contributed by atoms with E-state index in [0.717, 1.165) is 46.4 Å². The van der Waals surface area contributed by atoms with Crippen LogP contribution in [0.1, 0.15) is 80.0 Å². The number of anilines is 1. The zero-order valence-electron chi connectivity index (χ0n) is 26.0. The maximum Gasteiger partial charge on any atom is 0.260 e. The number of rotatable bonds is 11. The number of carbonyl (C=O) groups is 1. The third-order valence-corrected chi connectivity index (χ3v) is 8.52. The predicted molar refractivity (Wildman–Crippen MR) is 167 cm³/mol. The minimum atomic E-state index is -0.262. The highest BCUT2D eigenvalue weighted by Gasteiger charge is 2.43. The molecule has 0 radical (unpaired) electrons. The zero-order valence-corrected chi connectivity index (χ0v) is 26.8. The van der Waals surface area contributed by atoms with E-state index in [2.05, 4.69) is 54.9 Å². The zero-order chi connectivity index (χ0) is 30.4. The van der Waals surface area contributed by atoms with E-state index in [1.807, 2.05) is 43.7 Å². The van der Waals surface area contributed by atoms with Gasteiger partial charge in [0.25, 0.3) is 5.91 Å². The molecule has 224 valence electrons. The SMILES string of the molecule is CC.CCSc1cc(C2(Cc3nncn3C)COC2)cc(N2Cc3c(C#N)cc(CN(CC)CC(C)C)cc3C2=O)n1. The van der Waals surface area contributed by atoms with Gasteiger partial charge in [-0.3, -0.25) is 14.6 Å². The lowest BCUT2D eigenvalue weighted by Gasteiger charge is -2.42. The van der Waals surface area contributed by atoms with Crippen LogP contribution in [0, 0.1) is 17.2 Å². The van der Waals surface area contributed by atoms with Gasteiger partial charge in [-0.15, -0.1) is 22.0 Å². The van der Waals surface area contributed by atoms with Gasteiger partial charge in [0.1, 0.15) is 18.0 Å². The topological polar surface area (TPSA) is 100 Å². The van der Waals surface area contributed by atoms with E-state index in [0.29, 0.717) is 55.6 Å². The van der Waals surface area contributed by atoms with Crippen molar-refractivity contribution in [1.29, 1.82) is 5.26 Å².